The number of methoxy groups -OCH3 is 1. The highest BCUT2D eigenvalue weighted by Crippen LogP contribution is 2.20. The fourth-order valence-corrected chi connectivity index (χ4v) is 1.36. The third-order valence-corrected chi connectivity index (χ3v) is 2.14. The lowest BCUT2D eigenvalue weighted by Crippen LogP contribution is -2.25. The van der Waals surface area contributed by atoms with Crippen molar-refractivity contribution in [3.8, 4) is 0 Å². The van der Waals surface area contributed by atoms with Gasteiger partial charge in [-0.1, -0.05) is 0 Å². The maximum Gasteiger partial charge on any atom is 0.224 e. The van der Waals surface area contributed by atoms with Crippen molar-refractivity contribution in [3.63, 3.8) is 0 Å². The Morgan fingerprint density at radius 1 is 1.56 bits per heavy atom. The predicted octanol–water partition coefficient (Wildman–Crippen LogP) is 0.440. The molecule has 90 valence electrons. The minimum Gasteiger partial charge on any atom is -0.394 e. The Morgan fingerprint density at radius 3 is 2.88 bits per heavy atom. The van der Waals surface area contributed by atoms with Crippen LogP contribution in [0.4, 0.5) is 11.5 Å². The number of halogens is 1. The molecular formula is C9H15ClN4O2. The quantitative estimate of drug-likeness (QED) is 0.653. The largest absolute Gasteiger partial charge is 0.394 e. The summed E-state index contributed by atoms with van der Waals surface area (Å²) in [5.41, 5.74) is 6.78. The monoisotopic (exact) mass is 246 g/mol. The molecule has 6 nitrogen and oxygen atoms in total. The molecule has 16 heavy (non-hydrogen) atoms. The van der Waals surface area contributed by atoms with Gasteiger partial charge in [-0.15, -0.1) is 0 Å². The van der Waals surface area contributed by atoms with Gasteiger partial charge in [0.15, 0.2) is 5.82 Å². The van der Waals surface area contributed by atoms with E-state index in [1.54, 1.807) is 6.92 Å². The van der Waals surface area contributed by atoms with Crippen LogP contribution in [0.2, 0.25) is 5.28 Å². The second kappa shape index (κ2) is 5.83. The van der Waals surface area contributed by atoms with Crippen LogP contribution in [0.5, 0.6) is 0 Å². The molecule has 1 aromatic rings. The van der Waals surface area contributed by atoms with E-state index in [0.29, 0.717) is 17.2 Å². The van der Waals surface area contributed by atoms with Crippen molar-refractivity contribution in [2.45, 2.75) is 13.0 Å². The van der Waals surface area contributed by atoms with Gasteiger partial charge in [0.25, 0.3) is 0 Å². The molecule has 0 radical (unpaired) electrons. The highest BCUT2D eigenvalue weighted by atomic mass is 35.5. The number of hydrogen-bond donors (Lipinski definition) is 3. The van der Waals surface area contributed by atoms with Gasteiger partial charge < -0.3 is 20.9 Å². The molecule has 0 aliphatic heterocycles. The lowest BCUT2D eigenvalue weighted by Gasteiger charge is -2.13. The molecule has 1 heterocycles. The van der Waals surface area contributed by atoms with Crippen LogP contribution in [0, 0.1) is 6.92 Å². The zero-order chi connectivity index (χ0) is 12.1. The standard InChI is InChI=1S/C9H15ClN4O2/c1-5-7(11)8(14-9(10)13-5)12-3-6(15)4-16-2/h6,15H,3-4,11H2,1-2H3,(H,12,13,14). The highest BCUT2D eigenvalue weighted by molar-refractivity contribution is 6.28. The smallest absolute Gasteiger partial charge is 0.224 e. The molecule has 1 unspecified atom stereocenters. The average Bonchev–Trinajstić information content (AvgIpc) is 2.21. The summed E-state index contributed by atoms with van der Waals surface area (Å²) in [6.07, 6.45) is -0.626. The minimum atomic E-state index is -0.626. The van der Waals surface area contributed by atoms with Crippen LogP contribution in [0.1, 0.15) is 5.69 Å². The van der Waals surface area contributed by atoms with Crippen molar-refractivity contribution in [1.82, 2.24) is 9.97 Å². The topological polar surface area (TPSA) is 93.3 Å². The Kier molecular flexibility index (Phi) is 4.72. The number of ether oxygens (including phenoxy) is 1. The number of nitrogens with zero attached hydrogens (tertiary/aromatic N) is 2. The van der Waals surface area contributed by atoms with Gasteiger partial charge in [0, 0.05) is 13.7 Å². The van der Waals surface area contributed by atoms with Gasteiger partial charge in [0.2, 0.25) is 5.28 Å². The molecular weight excluding hydrogens is 232 g/mol. The molecule has 1 rings (SSSR count). The SMILES string of the molecule is COCC(O)CNc1nc(Cl)nc(C)c1N. The fourth-order valence-electron chi connectivity index (χ4n) is 1.15. The lowest BCUT2D eigenvalue weighted by molar-refractivity contribution is 0.0727. The zero-order valence-corrected chi connectivity index (χ0v) is 9.95. The summed E-state index contributed by atoms with van der Waals surface area (Å²) in [6.45, 7) is 2.26. The molecule has 0 aliphatic carbocycles. The third-order valence-electron chi connectivity index (χ3n) is 1.97. The summed E-state index contributed by atoms with van der Waals surface area (Å²) in [5, 5.41) is 12.4. The first kappa shape index (κ1) is 13.0. The highest BCUT2D eigenvalue weighted by Gasteiger charge is 2.09. The maximum absolute atomic E-state index is 9.44. The molecule has 1 atom stereocenters. The lowest BCUT2D eigenvalue weighted by atomic mass is 10.3. The number of nitrogen functional groups attached to an aromatic ring is 1. The van der Waals surface area contributed by atoms with E-state index < -0.39 is 6.10 Å². The number of nitrogens with two attached hydrogens (primary N) is 1. The molecule has 0 bridgehead atoms. The van der Waals surface area contributed by atoms with Crippen LogP contribution in [0.25, 0.3) is 0 Å². The molecule has 0 saturated heterocycles. The number of aryl methyl sites for hydroxylation is 1. The van der Waals surface area contributed by atoms with Gasteiger partial charge in [-0.3, -0.25) is 0 Å². The zero-order valence-electron chi connectivity index (χ0n) is 9.20. The van der Waals surface area contributed by atoms with Crippen LogP contribution in [0.15, 0.2) is 0 Å². The number of anilines is 2. The Bertz CT molecular complexity index is 362. The Morgan fingerprint density at radius 2 is 2.25 bits per heavy atom. The fraction of sp³-hybridized carbons (Fsp3) is 0.556. The van der Waals surface area contributed by atoms with Crippen LogP contribution in [-0.2, 0) is 4.74 Å². The summed E-state index contributed by atoms with van der Waals surface area (Å²) in [4.78, 5) is 7.83. The summed E-state index contributed by atoms with van der Waals surface area (Å²) in [7, 11) is 1.52. The number of hydrogen-bond acceptors (Lipinski definition) is 6. The molecule has 0 spiro atoms. The second-order valence-electron chi connectivity index (χ2n) is 3.33. The van der Waals surface area contributed by atoms with E-state index in [1.807, 2.05) is 0 Å². The first-order valence-corrected chi connectivity index (χ1v) is 5.13. The van der Waals surface area contributed by atoms with E-state index in [9.17, 15) is 5.11 Å². The number of aliphatic hydroxyl groups is 1. The second-order valence-corrected chi connectivity index (χ2v) is 3.67. The molecule has 0 aromatic carbocycles. The van der Waals surface area contributed by atoms with Gasteiger partial charge in [-0.05, 0) is 18.5 Å². The van der Waals surface area contributed by atoms with Crippen molar-refractivity contribution in [1.29, 1.82) is 0 Å². The molecule has 1 aromatic heterocycles. The predicted molar refractivity (Wildman–Crippen MR) is 62.6 cm³/mol. The number of aromatic nitrogens is 2. The van der Waals surface area contributed by atoms with Crippen LogP contribution in [0.3, 0.4) is 0 Å². The maximum atomic E-state index is 9.44. The van der Waals surface area contributed by atoms with E-state index in [0.717, 1.165) is 0 Å². The first-order valence-electron chi connectivity index (χ1n) is 4.75. The van der Waals surface area contributed by atoms with E-state index in [1.165, 1.54) is 7.11 Å². The molecule has 0 fully saturated rings. The molecule has 4 N–H and O–H groups in total. The minimum absolute atomic E-state index is 0.121. The summed E-state index contributed by atoms with van der Waals surface area (Å²) in [5.74, 6) is 0.424. The van der Waals surface area contributed by atoms with Gasteiger partial charge in [0.05, 0.1) is 24.1 Å². The van der Waals surface area contributed by atoms with Crippen LogP contribution in [-0.4, -0.2) is 41.4 Å². The van der Waals surface area contributed by atoms with Gasteiger partial charge in [-0.2, -0.15) is 4.98 Å². The van der Waals surface area contributed by atoms with Crippen molar-refractivity contribution in [2.75, 3.05) is 31.3 Å². The summed E-state index contributed by atoms with van der Waals surface area (Å²) >= 11 is 5.69. The van der Waals surface area contributed by atoms with E-state index in [2.05, 4.69) is 15.3 Å². The van der Waals surface area contributed by atoms with Crippen LogP contribution < -0.4 is 11.1 Å². The molecule has 7 heteroatoms. The summed E-state index contributed by atoms with van der Waals surface area (Å²) in [6, 6.07) is 0. The molecule has 0 amide bonds. The van der Waals surface area contributed by atoms with Gasteiger partial charge in [-0.25, -0.2) is 4.98 Å². The number of aliphatic hydroxyl groups excluding tert-OH is 1. The van der Waals surface area contributed by atoms with Gasteiger partial charge in [0.1, 0.15) is 0 Å². The number of nitrogens with one attached hydrogen (secondary N) is 1. The average molecular weight is 247 g/mol. The Balaban J connectivity index is 2.66. The first-order chi connectivity index (χ1) is 7.54. The van der Waals surface area contributed by atoms with Crippen molar-refractivity contribution in [3.05, 3.63) is 11.0 Å². The van der Waals surface area contributed by atoms with Crippen molar-refractivity contribution >= 4 is 23.1 Å². The van der Waals surface area contributed by atoms with E-state index >= 15 is 0 Å². The summed E-state index contributed by atoms with van der Waals surface area (Å²) < 4.78 is 4.79. The van der Waals surface area contributed by atoms with Crippen molar-refractivity contribution in [2.24, 2.45) is 0 Å². The van der Waals surface area contributed by atoms with Crippen molar-refractivity contribution < 1.29 is 9.84 Å². The third kappa shape index (κ3) is 3.48. The number of rotatable bonds is 5. The Hall–Kier alpha value is -1.11. The van der Waals surface area contributed by atoms with Gasteiger partial charge >= 0.3 is 0 Å². The van der Waals surface area contributed by atoms with E-state index in [-0.39, 0.29) is 18.4 Å². The molecule has 0 saturated carbocycles. The van der Waals surface area contributed by atoms with E-state index in [4.69, 9.17) is 22.1 Å². The Labute approximate surface area is 98.8 Å². The van der Waals surface area contributed by atoms with Crippen LogP contribution >= 0.6 is 11.6 Å². The normalized spacial score (nSPS) is 12.5. The molecule has 0 aliphatic rings.